The average molecular weight is 415 g/mol. The van der Waals surface area contributed by atoms with Crippen LogP contribution in [0.5, 0.6) is 0 Å². The van der Waals surface area contributed by atoms with Crippen molar-refractivity contribution in [1.82, 2.24) is 9.21 Å². The molecule has 6 heteroatoms. The number of piperidine rings is 1. The zero-order valence-corrected chi connectivity index (χ0v) is 17.8. The summed E-state index contributed by atoms with van der Waals surface area (Å²) in [6.07, 6.45) is 1.59. The molecule has 29 heavy (non-hydrogen) atoms. The summed E-state index contributed by atoms with van der Waals surface area (Å²) in [4.78, 5) is 2.73. The van der Waals surface area contributed by atoms with E-state index in [1.807, 2.05) is 30.3 Å². The molecule has 0 aliphatic carbocycles. The van der Waals surface area contributed by atoms with Gasteiger partial charge < -0.3 is 5.11 Å². The fraction of sp³-hybridized carbons (Fsp3) is 0.478. The van der Waals surface area contributed by atoms with Crippen LogP contribution in [0.1, 0.15) is 24.5 Å². The van der Waals surface area contributed by atoms with Gasteiger partial charge in [0.1, 0.15) is 0 Å². The van der Waals surface area contributed by atoms with Crippen molar-refractivity contribution in [3.63, 3.8) is 0 Å². The molecule has 0 aromatic heterocycles. The first-order valence-electron chi connectivity index (χ1n) is 10.4. The monoisotopic (exact) mass is 414 g/mol. The third-order valence-corrected chi connectivity index (χ3v) is 8.58. The van der Waals surface area contributed by atoms with Crippen molar-refractivity contribution in [3.8, 4) is 0 Å². The lowest BCUT2D eigenvalue weighted by molar-refractivity contribution is 0.0436. The Hall–Kier alpha value is -1.73. The second kappa shape index (κ2) is 8.19. The van der Waals surface area contributed by atoms with E-state index < -0.39 is 10.0 Å². The number of aliphatic hydroxyl groups excluding tert-OH is 1. The Kier molecular flexibility index (Phi) is 5.80. The second-order valence-electron chi connectivity index (χ2n) is 8.48. The van der Waals surface area contributed by atoms with Crippen molar-refractivity contribution < 1.29 is 13.5 Å². The van der Waals surface area contributed by atoms with Gasteiger partial charge in [-0.2, -0.15) is 4.31 Å². The first kappa shape index (κ1) is 20.5. The SMILES string of the molecule is CCc1ccc(S(=O)(=O)N2CCC3(CO)CN(Cc4ccccc4)CC3C2)cc1. The van der Waals surface area contributed by atoms with E-state index in [0.29, 0.717) is 24.4 Å². The first-order valence-corrected chi connectivity index (χ1v) is 11.9. The van der Waals surface area contributed by atoms with Gasteiger partial charge in [-0.25, -0.2) is 8.42 Å². The lowest BCUT2D eigenvalue weighted by Gasteiger charge is -2.41. The molecule has 2 aliphatic rings. The highest BCUT2D eigenvalue weighted by Crippen LogP contribution is 2.44. The molecule has 2 heterocycles. The van der Waals surface area contributed by atoms with Gasteiger partial charge in [0.05, 0.1) is 11.5 Å². The largest absolute Gasteiger partial charge is 0.396 e. The number of benzene rings is 2. The molecule has 0 radical (unpaired) electrons. The van der Waals surface area contributed by atoms with Crippen molar-refractivity contribution in [2.24, 2.45) is 11.3 Å². The molecule has 4 rings (SSSR count). The van der Waals surface area contributed by atoms with Crippen molar-refractivity contribution in [2.45, 2.75) is 31.2 Å². The molecule has 2 saturated heterocycles. The summed E-state index contributed by atoms with van der Waals surface area (Å²) < 4.78 is 28.0. The van der Waals surface area contributed by atoms with E-state index in [1.54, 1.807) is 16.4 Å². The number of aliphatic hydroxyl groups is 1. The van der Waals surface area contributed by atoms with Crippen LogP contribution in [-0.2, 0) is 23.0 Å². The van der Waals surface area contributed by atoms with E-state index in [2.05, 4.69) is 24.0 Å². The van der Waals surface area contributed by atoms with Crippen LogP contribution in [0.25, 0.3) is 0 Å². The predicted octanol–water partition coefficient (Wildman–Crippen LogP) is 2.75. The molecule has 2 unspecified atom stereocenters. The summed E-state index contributed by atoms with van der Waals surface area (Å²) in [5.74, 6) is 0.148. The van der Waals surface area contributed by atoms with Crippen LogP contribution < -0.4 is 0 Å². The second-order valence-corrected chi connectivity index (χ2v) is 10.4. The fourth-order valence-electron chi connectivity index (χ4n) is 4.85. The van der Waals surface area contributed by atoms with Crippen molar-refractivity contribution in [3.05, 3.63) is 65.7 Å². The van der Waals surface area contributed by atoms with Gasteiger partial charge in [0.15, 0.2) is 0 Å². The Balaban J connectivity index is 1.50. The molecule has 0 spiro atoms. The zero-order valence-electron chi connectivity index (χ0n) is 17.0. The Morgan fingerprint density at radius 3 is 2.41 bits per heavy atom. The third kappa shape index (κ3) is 3.99. The van der Waals surface area contributed by atoms with Crippen LogP contribution in [0.4, 0.5) is 0 Å². The normalized spacial score (nSPS) is 25.8. The van der Waals surface area contributed by atoms with Gasteiger partial charge in [-0.15, -0.1) is 0 Å². The molecular weight excluding hydrogens is 384 g/mol. The van der Waals surface area contributed by atoms with Crippen molar-refractivity contribution in [2.75, 3.05) is 32.8 Å². The van der Waals surface area contributed by atoms with Crippen LogP contribution in [-0.4, -0.2) is 55.5 Å². The number of aryl methyl sites for hydroxylation is 1. The molecule has 0 saturated carbocycles. The van der Waals surface area contributed by atoms with Gasteiger partial charge in [0, 0.05) is 38.1 Å². The quantitative estimate of drug-likeness (QED) is 0.790. The van der Waals surface area contributed by atoms with Gasteiger partial charge in [0.2, 0.25) is 10.0 Å². The maximum absolute atomic E-state index is 13.2. The topological polar surface area (TPSA) is 60.9 Å². The summed E-state index contributed by atoms with van der Waals surface area (Å²) in [6, 6.07) is 17.6. The number of nitrogens with zero attached hydrogens (tertiary/aromatic N) is 2. The molecule has 0 amide bonds. The van der Waals surface area contributed by atoms with Gasteiger partial charge in [0.25, 0.3) is 0 Å². The van der Waals surface area contributed by atoms with Gasteiger partial charge in [-0.1, -0.05) is 49.4 Å². The smallest absolute Gasteiger partial charge is 0.243 e. The van der Waals surface area contributed by atoms with Crippen LogP contribution in [0.15, 0.2) is 59.5 Å². The van der Waals surface area contributed by atoms with E-state index in [0.717, 1.165) is 31.6 Å². The maximum atomic E-state index is 13.2. The first-order chi connectivity index (χ1) is 14.0. The highest BCUT2D eigenvalue weighted by atomic mass is 32.2. The molecule has 2 aromatic rings. The van der Waals surface area contributed by atoms with Gasteiger partial charge >= 0.3 is 0 Å². The van der Waals surface area contributed by atoms with Crippen molar-refractivity contribution >= 4 is 10.0 Å². The van der Waals surface area contributed by atoms with E-state index in [4.69, 9.17) is 0 Å². The number of hydrogen-bond donors (Lipinski definition) is 1. The average Bonchev–Trinajstić information content (AvgIpc) is 3.12. The van der Waals surface area contributed by atoms with Crippen LogP contribution in [0.3, 0.4) is 0 Å². The van der Waals surface area contributed by atoms with E-state index in [9.17, 15) is 13.5 Å². The van der Waals surface area contributed by atoms with Crippen molar-refractivity contribution in [1.29, 1.82) is 0 Å². The molecular formula is C23H30N2O3S. The van der Waals surface area contributed by atoms with E-state index >= 15 is 0 Å². The molecule has 1 N–H and O–H groups in total. The van der Waals surface area contributed by atoms with Gasteiger partial charge in [-0.05, 0) is 42.0 Å². The molecule has 2 aromatic carbocycles. The number of hydrogen-bond acceptors (Lipinski definition) is 4. The van der Waals surface area contributed by atoms with Crippen LogP contribution >= 0.6 is 0 Å². The minimum atomic E-state index is -3.50. The summed E-state index contributed by atoms with van der Waals surface area (Å²) in [5.41, 5.74) is 2.18. The van der Waals surface area contributed by atoms with Crippen LogP contribution in [0, 0.1) is 11.3 Å². The molecule has 2 fully saturated rings. The third-order valence-electron chi connectivity index (χ3n) is 6.70. The lowest BCUT2D eigenvalue weighted by atomic mass is 9.74. The Labute approximate surface area is 174 Å². The Bertz CT molecular complexity index is 930. The van der Waals surface area contributed by atoms with Crippen LogP contribution in [0.2, 0.25) is 0 Å². The molecule has 5 nitrogen and oxygen atoms in total. The number of rotatable bonds is 6. The van der Waals surface area contributed by atoms with Gasteiger partial charge in [-0.3, -0.25) is 4.90 Å². The summed E-state index contributed by atoms with van der Waals surface area (Å²) in [5, 5.41) is 10.2. The number of likely N-dealkylation sites (tertiary alicyclic amines) is 1. The molecule has 2 aliphatic heterocycles. The number of fused-ring (bicyclic) bond motifs is 1. The van der Waals surface area contributed by atoms with E-state index in [1.165, 1.54) is 5.56 Å². The summed E-state index contributed by atoms with van der Waals surface area (Å²) in [6.45, 7) is 5.59. The lowest BCUT2D eigenvalue weighted by Crippen LogP contribution is -2.50. The predicted molar refractivity (Wildman–Crippen MR) is 114 cm³/mol. The Morgan fingerprint density at radius 2 is 1.76 bits per heavy atom. The minimum Gasteiger partial charge on any atom is -0.396 e. The highest BCUT2D eigenvalue weighted by molar-refractivity contribution is 7.89. The number of sulfonamides is 1. The highest BCUT2D eigenvalue weighted by Gasteiger charge is 2.50. The zero-order chi connectivity index (χ0) is 20.5. The summed E-state index contributed by atoms with van der Waals surface area (Å²) in [7, 11) is -3.50. The molecule has 2 atom stereocenters. The standard InChI is InChI=1S/C23H30N2O3S/c1-2-19-8-10-22(11-9-19)29(27,28)25-13-12-23(18-26)17-24(15-21(23)16-25)14-20-6-4-3-5-7-20/h3-11,21,26H,2,12-18H2,1H3. The maximum Gasteiger partial charge on any atom is 0.243 e. The summed E-state index contributed by atoms with van der Waals surface area (Å²) >= 11 is 0. The molecule has 0 bridgehead atoms. The Morgan fingerprint density at radius 1 is 1.03 bits per heavy atom. The molecule has 156 valence electrons. The fourth-order valence-corrected chi connectivity index (χ4v) is 6.33. The minimum absolute atomic E-state index is 0.113. The van der Waals surface area contributed by atoms with E-state index in [-0.39, 0.29) is 17.9 Å².